The van der Waals surface area contributed by atoms with E-state index < -0.39 is 5.97 Å². The summed E-state index contributed by atoms with van der Waals surface area (Å²) in [6, 6.07) is 25.3. The van der Waals surface area contributed by atoms with E-state index in [-0.39, 0.29) is 12.3 Å². The van der Waals surface area contributed by atoms with Gasteiger partial charge in [0, 0.05) is 36.8 Å². The lowest BCUT2D eigenvalue weighted by atomic mass is 10.0. The number of allylic oxidation sites excluding steroid dienone is 3. The molecule has 0 aliphatic heterocycles. The van der Waals surface area contributed by atoms with Gasteiger partial charge in [-0.05, 0) is 73.9 Å². The Bertz CT molecular complexity index is 1280. The highest BCUT2D eigenvalue weighted by Crippen LogP contribution is 2.24. The number of hydrogen-bond acceptors (Lipinski definition) is 4. The maximum atomic E-state index is 13.8. The second-order valence-corrected chi connectivity index (χ2v) is 9.13. The van der Waals surface area contributed by atoms with Crippen LogP contribution in [-0.2, 0) is 17.9 Å². The van der Waals surface area contributed by atoms with Gasteiger partial charge in [0.1, 0.15) is 5.75 Å². The smallest absolute Gasteiger partial charge is 0.303 e. The van der Waals surface area contributed by atoms with E-state index in [1.165, 1.54) is 0 Å². The van der Waals surface area contributed by atoms with E-state index in [0.717, 1.165) is 40.9 Å². The highest BCUT2D eigenvalue weighted by Gasteiger charge is 2.19. The van der Waals surface area contributed by atoms with Crippen molar-refractivity contribution in [2.24, 2.45) is 4.99 Å². The molecule has 39 heavy (non-hydrogen) atoms. The zero-order chi connectivity index (χ0) is 27.9. The molecule has 3 aromatic carbocycles. The molecule has 6 nitrogen and oxygen atoms in total. The third kappa shape index (κ3) is 9.42. The monoisotopic (exact) mass is 524 g/mol. The Balaban J connectivity index is 1.77. The first kappa shape index (κ1) is 29.1. The topological polar surface area (TPSA) is 79.2 Å². The van der Waals surface area contributed by atoms with E-state index in [9.17, 15) is 9.59 Å². The number of carbonyl (C=O) groups is 2. The third-order valence-electron chi connectivity index (χ3n) is 6.27. The van der Waals surface area contributed by atoms with Crippen molar-refractivity contribution in [1.29, 1.82) is 0 Å². The summed E-state index contributed by atoms with van der Waals surface area (Å²) in [5.41, 5.74) is 4.55. The van der Waals surface area contributed by atoms with Gasteiger partial charge >= 0.3 is 5.97 Å². The normalized spacial score (nSPS) is 11.4. The van der Waals surface area contributed by atoms with Crippen LogP contribution in [0.15, 0.2) is 102 Å². The second-order valence-electron chi connectivity index (χ2n) is 9.13. The molecular formula is C33H36N2O4. The van der Waals surface area contributed by atoms with Gasteiger partial charge < -0.3 is 14.7 Å². The summed E-state index contributed by atoms with van der Waals surface area (Å²) < 4.78 is 6.06. The predicted octanol–water partition coefficient (Wildman–Crippen LogP) is 7.17. The summed E-state index contributed by atoms with van der Waals surface area (Å²) in [6.07, 6.45) is 7.89. The highest BCUT2D eigenvalue weighted by molar-refractivity contribution is 5.94. The molecule has 0 aliphatic rings. The van der Waals surface area contributed by atoms with Gasteiger partial charge in [0.15, 0.2) is 0 Å². The van der Waals surface area contributed by atoms with Gasteiger partial charge in [-0.25, -0.2) is 0 Å². The first-order valence-corrected chi connectivity index (χ1v) is 13.2. The second kappa shape index (κ2) is 15.7. The van der Waals surface area contributed by atoms with Crippen LogP contribution in [0.2, 0.25) is 0 Å². The molecule has 202 valence electrons. The number of aliphatic carboxylic acids is 1. The number of nitrogens with zero attached hydrogens (tertiary/aromatic N) is 2. The van der Waals surface area contributed by atoms with Crippen molar-refractivity contribution in [2.75, 3.05) is 6.61 Å². The predicted molar refractivity (Wildman–Crippen MR) is 157 cm³/mol. The van der Waals surface area contributed by atoms with Crippen molar-refractivity contribution >= 4 is 24.2 Å². The highest BCUT2D eigenvalue weighted by atomic mass is 16.5. The number of ether oxygens (including phenoxy) is 1. The molecular weight excluding hydrogens is 488 g/mol. The molecule has 0 unspecified atom stereocenters. The number of carboxylic acids is 1. The molecule has 0 aliphatic carbocycles. The molecule has 0 radical (unpaired) electrons. The van der Waals surface area contributed by atoms with Crippen molar-refractivity contribution in [2.45, 2.75) is 45.7 Å². The third-order valence-corrected chi connectivity index (χ3v) is 6.27. The van der Waals surface area contributed by atoms with Crippen molar-refractivity contribution in [3.63, 3.8) is 0 Å². The minimum absolute atomic E-state index is 0.0702. The van der Waals surface area contributed by atoms with Gasteiger partial charge in [-0.2, -0.15) is 0 Å². The van der Waals surface area contributed by atoms with Crippen molar-refractivity contribution in [3.8, 4) is 5.75 Å². The zero-order valence-corrected chi connectivity index (χ0v) is 22.5. The number of carbonyl (C=O) groups excluding carboxylic acids is 1. The lowest BCUT2D eigenvalue weighted by Crippen LogP contribution is -2.30. The van der Waals surface area contributed by atoms with Crippen LogP contribution in [0.4, 0.5) is 0 Å². The Morgan fingerprint density at radius 3 is 2.28 bits per heavy atom. The number of carboxylic acid groups (broad SMARTS) is 1. The molecule has 0 atom stereocenters. The average molecular weight is 525 g/mol. The largest absolute Gasteiger partial charge is 0.493 e. The molecule has 6 heteroatoms. The minimum Gasteiger partial charge on any atom is -0.493 e. The van der Waals surface area contributed by atoms with Gasteiger partial charge in [-0.1, -0.05) is 66.7 Å². The lowest BCUT2D eigenvalue weighted by Gasteiger charge is -2.24. The van der Waals surface area contributed by atoms with Gasteiger partial charge in [0.05, 0.1) is 6.61 Å². The van der Waals surface area contributed by atoms with Crippen LogP contribution < -0.4 is 4.74 Å². The molecule has 0 heterocycles. The van der Waals surface area contributed by atoms with Crippen LogP contribution in [0.3, 0.4) is 0 Å². The first-order chi connectivity index (χ1) is 19.0. The Morgan fingerprint density at radius 1 is 0.897 bits per heavy atom. The molecule has 0 saturated heterocycles. The summed E-state index contributed by atoms with van der Waals surface area (Å²) in [5.74, 6) is -0.111. The fraction of sp³-hybridized carbons (Fsp3) is 0.242. The van der Waals surface area contributed by atoms with Crippen molar-refractivity contribution < 1.29 is 19.4 Å². The van der Waals surface area contributed by atoms with Crippen LogP contribution in [0.25, 0.3) is 5.57 Å². The van der Waals surface area contributed by atoms with Crippen molar-refractivity contribution in [1.82, 2.24) is 4.90 Å². The number of rotatable bonds is 15. The van der Waals surface area contributed by atoms with Gasteiger partial charge in [0.25, 0.3) is 5.91 Å². The van der Waals surface area contributed by atoms with Crippen LogP contribution in [0, 0.1) is 0 Å². The quantitative estimate of drug-likeness (QED) is 0.130. The maximum absolute atomic E-state index is 13.8. The Morgan fingerprint density at radius 2 is 1.59 bits per heavy atom. The zero-order valence-electron chi connectivity index (χ0n) is 22.5. The summed E-state index contributed by atoms with van der Waals surface area (Å²) in [6.45, 7) is 6.78. The van der Waals surface area contributed by atoms with Crippen LogP contribution in [0.5, 0.6) is 5.75 Å². The number of para-hydroxylation sites is 1. The molecule has 0 saturated carbocycles. The van der Waals surface area contributed by atoms with Gasteiger partial charge in [-0.3, -0.25) is 14.6 Å². The Hall–Kier alpha value is -4.45. The molecule has 0 fully saturated rings. The van der Waals surface area contributed by atoms with E-state index in [1.54, 1.807) is 6.20 Å². The molecule has 3 rings (SSSR count). The van der Waals surface area contributed by atoms with Crippen molar-refractivity contribution in [3.05, 3.63) is 119 Å². The Kier molecular flexibility index (Phi) is 11.7. The standard InChI is InChI=1S/C33H36N2O4/c1-3-27(21-22-34-2)28-17-19-29(20-18-28)33(38)35(24-26-12-6-4-7-13-26)25-30-14-9-10-15-31(30)39-23-11-5-8-16-32(36)37/h3-4,6-7,9-10,12-15,17-22H,2,5,8,11,16,23-25H2,1H3,(H,36,37)/b22-21-,27-3+. The maximum Gasteiger partial charge on any atom is 0.303 e. The van der Waals surface area contributed by atoms with Gasteiger partial charge in [0.2, 0.25) is 0 Å². The van der Waals surface area contributed by atoms with E-state index >= 15 is 0 Å². The summed E-state index contributed by atoms with van der Waals surface area (Å²) in [4.78, 5) is 30.1. The fourth-order valence-electron chi connectivity index (χ4n) is 4.20. The SMILES string of the molecule is C=N/C=C\C(=C/C)c1ccc(C(=O)N(Cc2ccccc2)Cc2ccccc2OCCCCCC(=O)O)cc1. The Labute approximate surface area is 231 Å². The van der Waals surface area contributed by atoms with Crippen LogP contribution in [-0.4, -0.2) is 35.2 Å². The number of hydrogen-bond donors (Lipinski definition) is 1. The molecule has 3 aromatic rings. The number of unbranched alkanes of at least 4 members (excludes halogenated alkanes) is 2. The number of aliphatic imine (C=N–C) groups is 1. The first-order valence-electron chi connectivity index (χ1n) is 13.2. The molecule has 1 N–H and O–H groups in total. The van der Waals surface area contributed by atoms with Crippen LogP contribution in [0.1, 0.15) is 59.7 Å². The van der Waals surface area contributed by atoms with Crippen LogP contribution >= 0.6 is 0 Å². The summed E-state index contributed by atoms with van der Waals surface area (Å²) in [7, 11) is 0. The van der Waals surface area contributed by atoms with E-state index in [4.69, 9.17) is 9.84 Å². The van der Waals surface area contributed by atoms with Gasteiger partial charge in [-0.15, -0.1) is 0 Å². The summed E-state index contributed by atoms with van der Waals surface area (Å²) >= 11 is 0. The number of benzene rings is 3. The molecule has 0 aromatic heterocycles. The fourth-order valence-corrected chi connectivity index (χ4v) is 4.20. The molecule has 0 bridgehead atoms. The molecule has 1 amide bonds. The van der Waals surface area contributed by atoms with E-state index in [1.807, 2.05) is 103 Å². The minimum atomic E-state index is -0.775. The number of amides is 1. The average Bonchev–Trinajstić information content (AvgIpc) is 2.96. The van der Waals surface area contributed by atoms with E-state index in [0.29, 0.717) is 31.7 Å². The molecule has 0 spiro atoms. The lowest BCUT2D eigenvalue weighted by molar-refractivity contribution is -0.137. The van der Waals surface area contributed by atoms with E-state index in [2.05, 4.69) is 11.7 Å². The summed E-state index contributed by atoms with van der Waals surface area (Å²) in [5, 5.41) is 8.81.